The molecule has 3 aromatic rings. The first-order valence-corrected chi connectivity index (χ1v) is 7.85. The van der Waals surface area contributed by atoms with Crippen molar-refractivity contribution in [2.75, 3.05) is 12.4 Å². The number of benzene rings is 2. The first-order chi connectivity index (χ1) is 10.6. The van der Waals surface area contributed by atoms with Crippen molar-refractivity contribution in [2.24, 2.45) is 0 Å². The van der Waals surface area contributed by atoms with Crippen LogP contribution in [0.3, 0.4) is 0 Å². The van der Waals surface area contributed by atoms with Gasteiger partial charge in [0.25, 0.3) is 5.91 Å². The number of ether oxygens (including phenoxy) is 1. The van der Waals surface area contributed by atoms with E-state index < -0.39 is 0 Å². The molecule has 0 aliphatic heterocycles. The fourth-order valence-electron chi connectivity index (χ4n) is 1.93. The van der Waals surface area contributed by atoms with Crippen molar-refractivity contribution in [3.63, 3.8) is 0 Å². The third kappa shape index (κ3) is 2.88. The minimum absolute atomic E-state index is 0.273. The summed E-state index contributed by atoms with van der Waals surface area (Å²) in [6.07, 6.45) is 0. The Balaban J connectivity index is 1.91. The molecule has 0 saturated heterocycles. The zero-order valence-electron chi connectivity index (χ0n) is 11.4. The molecule has 2 aromatic carbocycles. The summed E-state index contributed by atoms with van der Waals surface area (Å²) >= 11 is 13.5. The second-order valence-electron chi connectivity index (χ2n) is 4.41. The van der Waals surface area contributed by atoms with Crippen molar-refractivity contribution >= 4 is 55.8 Å². The molecule has 3 rings (SSSR count). The number of halogens is 2. The normalized spacial score (nSPS) is 10.7. The Labute approximate surface area is 140 Å². The van der Waals surface area contributed by atoms with Crippen LogP contribution in [0.5, 0.6) is 5.75 Å². The maximum atomic E-state index is 12.3. The summed E-state index contributed by atoms with van der Waals surface area (Å²) in [4.78, 5) is 16.6. The second kappa shape index (κ2) is 6.12. The van der Waals surface area contributed by atoms with Gasteiger partial charge in [-0.3, -0.25) is 10.1 Å². The van der Waals surface area contributed by atoms with Gasteiger partial charge in [-0.1, -0.05) is 40.6 Å². The summed E-state index contributed by atoms with van der Waals surface area (Å²) in [5.41, 5.74) is 1.07. The Hall–Kier alpha value is -1.82. The summed E-state index contributed by atoms with van der Waals surface area (Å²) in [5.74, 6) is 0.341. The van der Waals surface area contributed by atoms with Gasteiger partial charge in [-0.2, -0.15) is 0 Å². The third-order valence-corrected chi connectivity index (χ3v) is 4.73. The van der Waals surface area contributed by atoms with Gasteiger partial charge in [0.1, 0.15) is 11.3 Å². The first-order valence-electron chi connectivity index (χ1n) is 6.28. The summed E-state index contributed by atoms with van der Waals surface area (Å²) in [7, 11) is 1.55. The van der Waals surface area contributed by atoms with Gasteiger partial charge in [-0.15, -0.1) is 0 Å². The summed E-state index contributed by atoms with van der Waals surface area (Å²) in [5, 5.41) is 4.24. The van der Waals surface area contributed by atoms with Crippen LogP contribution >= 0.6 is 34.5 Å². The average Bonchev–Trinajstić information content (AvgIpc) is 2.96. The highest BCUT2D eigenvalue weighted by Gasteiger charge is 2.14. The van der Waals surface area contributed by atoms with E-state index in [9.17, 15) is 4.79 Å². The van der Waals surface area contributed by atoms with Crippen molar-refractivity contribution in [1.82, 2.24) is 4.98 Å². The molecule has 1 amide bonds. The number of carbonyl (C=O) groups excluding carboxylic acids is 1. The number of rotatable bonds is 3. The van der Waals surface area contributed by atoms with Crippen LogP contribution in [0, 0.1) is 0 Å². The van der Waals surface area contributed by atoms with E-state index in [1.807, 2.05) is 0 Å². The number of thiazole rings is 1. The quantitative estimate of drug-likeness (QED) is 0.731. The van der Waals surface area contributed by atoms with E-state index in [-0.39, 0.29) is 5.91 Å². The molecule has 4 nitrogen and oxygen atoms in total. The van der Waals surface area contributed by atoms with Crippen molar-refractivity contribution in [2.45, 2.75) is 0 Å². The third-order valence-electron chi connectivity index (χ3n) is 3.00. The number of aromatic nitrogens is 1. The van der Waals surface area contributed by atoms with E-state index >= 15 is 0 Å². The molecule has 0 atom stereocenters. The van der Waals surface area contributed by atoms with E-state index in [0.717, 1.165) is 4.70 Å². The van der Waals surface area contributed by atoms with Crippen molar-refractivity contribution in [3.8, 4) is 5.75 Å². The lowest BCUT2D eigenvalue weighted by Crippen LogP contribution is -2.11. The number of anilines is 1. The SMILES string of the molecule is COc1cccc(C(=O)Nc2nc3c(Cl)ccc(Cl)c3s2)c1. The molecule has 0 saturated carbocycles. The van der Waals surface area contributed by atoms with Crippen LogP contribution < -0.4 is 10.1 Å². The Morgan fingerprint density at radius 3 is 2.73 bits per heavy atom. The van der Waals surface area contributed by atoms with Gasteiger partial charge in [-0.05, 0) is 30.3 Å². The molecule has 7 heteroatoms. The molecule has 1 N–H and O–H groups in total. The van der Waals surface area contributed by atoms with E-state index in [1.165, 1.54) is 11.3 Å². The summed E-state index contributed by atoms with van der Waals surface area (Å²) < 4.78 is 5.85. The monoisotopic (exact) mass is 352 g/mol. The molecule has 112 valence electrons. The topological polar surface area (TPSA) is 51.2 Å². The highest BCUT2D eigenvalue weighted by molar-refractivity contribution is 7.23. The molecule has 1 aromatic heterocycles. The minimum atomic E-state index is -0.273. The lowest BCUT2D eigenvalue weighted by molar-refractivity contribution is 0.102. The van der Waals surface area contributed by atoms with Crippen molar-refractivity contribution in [1.29, 1.82) is 0 Å². The Morgan fingerprint density at radius 2 is 2.00 bits per heavy atom. The van der Waals surface area contributed by atoms with Crippen LogP contribution in [0.25, 0.3) is 10.2 Å². The smallest absolute Gasteiger partial charge is 0.257 e. The standard InChI is InChI=1S/C15H10Cl2N2O2S/c1-21-9-4-2-3-8(7-9)14(20)19-15-18-12-10(16)5-6-11(17)13(12)22-15/h2-7H,1H3,(H,18,19,20). The fourth-order valence-corrected chi connectivity index (χ4v) is 3.35. The highest BCUT2D eigenvalue weighted by atomic mass is 35.5. The van der Waals surface area contributed by atoms with Gasteiger partial charge in [0.05, 0.1) is 21.9 Å². The highest BCUT2D eigenvalue weighted by Crippen LogP contribution is 2.36. The second-order valence-corrected chi connectivity index (χ2v) is 6.23. The molecule has 0 unspecified atom stereocenters. The van der Waals surface area contributed by atoms with Gasteiger partial charge in [-0.25, -0.2) is 4.98 Å². The molecule has 22 heavy (non-hydrogen) atoms. The number of methoxy groups -OCH3 is 1. The lowest BCUT2D eigenvalue weighted by Gasteiger charge is -2.03. The zero-order chi connectivity index (χ0) is 15.7. The van der Waals surface area contributed by atoms with E-state index in [1.54, 1.807) is 43.5 Å². The van der Waals surface area contributed by atoms with Gasteiger partial charge < -0.3 is 4.74 Å². The number of amides is 1. The molecular formula is C15H10Cl2N2O2S. The van der Waals surface area contributed by atoms with Crippen LogP contribution in [0.15, 0.2) is 36.4 Å². The average molecular weight is 353 g/mol. The Bertz CT molecular complexity index is 825. The first kappa shape index (κ1) is 15.1. The molecular weight excluding hydrogens is 343 g/mol. The minimum Gasteiger partial charge on any atom is -0.497 e. The molecule has 0 aliphatic carbocycles. The van der Waals surface area contributed by atoms with Crippen molar-refractivity contribution < 1.29 is 9.53 Å². The van der Waals surface area contributed by atoms with E-state index in [2.05, 4.69) is 10.3 Å². The van der Waals surface area contributed by atoms with E-state index in [0.29, 0.717) is 32.0 Å². The molecule has 0 spiro atoms. The van der Waals surface area contributed by atoms with Crippen LogP contribution in [0.2, 0.25) is 10.0 Å². The summed E-state index contributed by atoms with van der Waals surface area (Å²) in [6, 6.07) is 10.3. The van der Waals surface area contributed by atoms with Gasteiger partial charge >= 0.3 is 0 Å². The number of fused-ring (bicyclic) bond motifs is 1. The maximum Gasteiger partial charge on any atom is 0.257 e. The van der Waals surface area contributed by atoms with Gasteiger partial charge in [0, 0.05) is 5.56 Å². The van der Waals surface area contributed by atoms with Crippen LogP contribution in [0.1, 0.15) is 10.4 Å². The zero-order valence-corrected chi connectivity index (χ0v) is 13.7. The number of nitrogens with one attached hydrogen (secondary N) is 1. The molecule has 0 aliphatic rings. The Morgan fingerprint density at radius 1 is 1.23 bits per heavy atom. The van der Waals surface area contributed by atoms with Crippen LogP contribution in [-0.4, -0.2) is 18.0 Å². The van der Waals surface area contributed by atoms with Gasteiger partial charge in [0.2, 0.25) is 0 Å². The summed E-state index contributed by atoms with van der Waals surface area (Å²) in [6.45, 7) is 0. The lowest BCUT2D eigenvalue weighted by atomic mass is 10.2. The maximum absolute atomic E-state index is 12.3. The number of carbonyl (C=O) groups is 1. The molecule has 1 heterocycles. The van der Waals surface area contributed by atoms with Gasteiger partial charge in [0.15, 0.2) is 5.13 Å². The van der Waals surface area contributed by atoms with Crippen molar-refractivity contribution in [3.05, 3.63) is 52.0 Å². The van der Waals surface area contributed by atoms with E-state index in [4.69, 9.17) is 27.9 Å². The van der Waals surface area contributed by atoms with Crippen LogP contribution in [-0.2, 0) is 0 Å². The molecule has 0 radical (unpaired) electrons. The largest absolute Gasteiger partial charge is 0.497 e. The molecule has 0 bridgehead atoms. The Kier molecular flexibility index (Phi) is 4.20. The predicted octanol–water partition coefficient (Wildman–Crippen LogP) is 4.86. The number of hydrogen-bond acceptors (Lipinski definition) is 4. The fraction of sp³-hybridized carbons (Fsp3) is 0.0667. The molecule has 0 fully saturated rings. The predicted molar refractivity (Wildman–Crippen MR) is 90.6 cm³/mol. The number of nitrogens with zero attached hydrogens (tertiary/aromatic N) is 1. The van der Waals surface area contributed by atoms with Crippen LogP contribution in [0.4, 0.5) is 5.13 Å². The number of hydrogen-bond donors (Lipinski definition) is 1.